The van der Waals surface area contributed by atoms with Crippen LogP contribution >= 0.6 is 23.2 Å². The van der Waals surface area contributed by atoms with Crippen molar-refractivity contribution in [2.45, 2.75) is 43.7 Å². The van der Waals surface area contributed by atoms with E-state index < -0.39 is 5.79 Å². The largest absolute Gasteiger partial charge is 0.344 e. The van der Waals surface area contributed by atoms with Gasteiger partial charge in [-0.05, 0) is 31.9 Å². The lowest BCUT2D eigenvalue weighted by atomic mass is 10.1. The summed E-state index contributed by atoms with van der Waals surface area (Å²) in [6.07, 6.45) is 3.59. The predicted molar refractivity (Wildman–Crippen MR) is 71.7 cm³/mol. The fourth-order valence-corrected chi connectivity index (χ4v) is 3.46. The second-order valence-electron chi connectivity index (χ2n) is 4.95. The number of ether oxygens (including phenoxy) is 2. The zero-order valence-corrected chi connectivity index (χ0v) is 11.5. The second kappa shape index (κ2) is 4.68. The zero-order valence-electron chi connectivity index (χ0n) is 9.99. The molecule has 4 heteroatoms. The van der Waals surface area contributed by atoms with Crippen molar-refractivity contribution in [2.75, 3.05) is 0 Å². The van der Waals surface area contributed by atoms with E-state index >= 15 is 0 Å². The summed E-state index contributed by atoms with van der Waals surface area (Å²) in [6.45, 7) is 4.03. The molecule has 2 unspecified atom stereocenters. The van der Waals surface area contributed by atoms with E-state index in [1.54, 1.807) is 0 Å². The Morgan fingerprint density at radius 1 is 1.11 bits per heavy atom. The molecule has 1 spiro atoms. The van der Waals surface area contributed by atoms with Crippen LogP contribution in [0.5, 0.6) is 0 Å². The molecule has 1 aromatic rings. The number of halogens is 2. The topological polar surface area (TPSA) is 18.5 Å². The Kier molecular flexibility index (Phi) is 3.31. The molecular weight excluding hydrogens is 271 g/mol. The number of hydrogen-bond donors (Lipinski definition) is 0. The molecule has 0 aromatic heterocycles. The SMILES string of the molecule is [CH2]C1OC2(CCCC2)OC1c1c(Cl)cccc1Cl. The first-order valence-electron chi connectivity index (χ1n) is 6.24. The molecule has 1 aliphatic heterocycles. The molecule has 0 bridgehead atoms. The number of hydrogen-bond acceptors (Lipinski definition) is 2. The molecule has 1 aromatic carbocycles. The third-order valence-corrected chi connectivity index (χ3v) is 4.35. The molecule has 2 atom stereocenters. The highest BCUT2D eigenvalue weighted by Gasteiger charge is 2.48. The Balaban J connectivity index is 1.93. The van der Waals surface area contributed by atoms with E-state index in [0.29, 0.717) is 10.0 Å². The highest BCUT2D eigenvalue weighted by molar-refractivity contribution is 6.36. The van der Waals surface area contributed by atoms with Gasteiger partial charge < -0.3 is 9.47 Å². The molecule has 2 nitrogen and oxygen atoms in total. The third-order valence-electron chi connectivity index (χ3n) is 3.70. The molecule has 97 valence electrons. The van der Waals surface area contributed by atoms with Crippen molar-refractivity contribution in [3.63, 3.8) is 0 Å². The molecule has 1 saturated carbocycles. The van der Waals surface area contributed by atoms with E-state index in [0.717, 1.165) is 31.2 Å². The van der Waals surface area contributed by atoms with Crippen LogP contribution in [0, 0.1) is 6.92 Å². The molecular formula is C14H15Cl2O2. The van der Waals surface area contributed by atoms with E-state index in [9.17, 15) is 0 Å². The van der Waals surface area contributed by atoms with Gasteiger partial charge in [-0.15, -0.1) is 0 Å². The van der Waals surface area contributed by atoms with Crippen LogP contribution in [0.2, 0.25) is 10.0 Å². The van der Waals surface area contributed by atoms with Crippen molar-refractivity contribution >= 4 is 23.2 Å². The van der Waals surface area contributed by atoms with Crippen LogP contribution < -0.4 is 0 Å². The lowest BCUT2D eigenvalue weighted by Gasteiger charge is -2.22. The van der Waals surface area contributed by atoms with Crippen molar-refractivity contribution in [3.05, 3.63) is 40.7 Å². The zero-order chi connectivity index (χ0) is 12.8. The molecule has 0 N–H and O–H groups in total. The van der Waals surface area contributed by atoms with Crippen molar-refractivity contribution in [3.8, 4) is 0 Å². The van der Waals surface area contributed by atoms with E-state index in [1.807, 2.05) is 18.2 Å². The molecule has 3 rings (SSSR count). The van der Waals surface area contributed by atoms with Gasteiger partial charge in [0, 0.05) is 28.5 Å². The normalized spacial score (nSPS) is 30.2. The van der Waals surface area contributed by atoms with Crippen LogP contribution in [0.15, 0.2) is 18.2 Å². The van der Waals surface area contributed by atoms with Gasteiger partial charge in [0.15, 0.2) is 5.79 Å². The van der Waals surface area contributed by atoms with Crippen LogP contribution in [0.4, 0.5) is 0 Å². The maximum Gasteiger partial charge on any atom is 0.169 e. The van der Waals surface area contributed by atoms with Crippen molar-refractivity contribution in [2.24, 2.45) is 0 Å². The third kappa shape index (κ3) is 2.05. The maximum absolute atomic E-state index is 6.22. The van der Waals surface area contributed by atoms with E-state index in [-0.39, 0.29) is 12.2 Å². The number of rotatable bonds is 1. The quantitative estimate of drug-likeness (QED) is 0.753. The Morgan fingerprint density at radius 2 is 1.72 bits per heavy atom. The standard InChI is InChI=1S/C14H15Cl2O2/c1-9-13(12-10(15)5-4-6-11(12)16)18-14(17-9)7-2-3-8-14/h4-6,9,13H,1-3,7-8H2. The van der Waals surface area contributed by atoms with Gasteiger partial charge in [-0.25, -0.2) is 0 Å². The van der Waals surface area contributed by atoms with Crippen LogP contribution in [0.1, 0.15) is 37.4 Å². The monoisotopic (exact) mass is 285 g/mol. The summed E-state index contributed by atoms with van der Waals surface area (Å²) in [5.41, 5.74) is 0.796. The summed E-state index contributed by atoms with van der Waals surface area (Å²) in [4.78, 5) is 0. The van der Waals surface area contributed by atoms with Gasteiger partial charge in [0.1, 0.15) is 6.10 Å². The van der Waals surface area contributed by atoms with Crippen LogP contribution in [0.3, 0.4) is 0 Å². The van der Waals surface area contributed by atoms with Crippen LogP contribution in [0.25, 0.3) is 0 Å². The van der Waals surface area contributed by atoms with Crippen molar-refractivity contribution in [1.82, 2.24) is 0 Å². The van der Waals surface area contributed by atoms with Gasteiger partial charge in [0.2, 0.25) is 0 Å². The second-order valence-corrected chi connectivity index (χ2v) is 5.76. The molecule has 18 heavy (non-hydrogen) atoms. The van der Waals surface area contributed by atoms with Gasteiger partial charge >= 0.3 is 0 Å². The molecule has 2 fully saturated rings. The molecule has 1 saturated heterocycles. The summed E-state index contributed by atoms with van der Waals surface area (Å²) in [5, 5.41) is 1.22. The van der Waals surface area contributed by atoms with E-state index in [1.165, 1.54) is 0 Å². The fourth-order valence-electron chi connectivity index (χ4n) is 2.85. The van der Waals surface area contributed by atoms with Gasteiger partial charge in [0.05, 0.1) is 6.10 Å². The minimum atomic E-state index is -0.459. The number of benzene rings is 1. The summed E-state index contributed by atoms with van der Waals surface area (Å²) in [5.74, 6) is -0.459. The average molecular weight is 286 g/mol. The predicted octanol–water partition coefficient (Wildman–Crippen LogP) is 4.55. The Bertz CT molecular complexity index is 435. The maximum atomic E-state index is 6.22. The first kappa shape index (κ1) is 12.7. The van der Waals surface area contributed by atoms with Crippen molar-refractivity contribution < 1.29 is 9.47 Å². The first-order chi connectivity index (χ1) is 8.61. The highest BCUT2D eigenvalue weighted by Crippen LogP contribution is 2.49. The van der Waals surface area contributed by atoms with Crippen LogP contribution in [-0.4, -0.2) is 11.9 Å². The lowest BCUT2D eigenvalue weighted by Crippen LogP contribution is -2.26. The Hall–Kier alpha value is -0.280. The van der Waals surface area contributed by atoms with Gasteiger partial charge in [-0.2, -0.15) is 0 Å². The summed E-state index contributed by atoms with van der Waals surface area (Å²) < 4.78 is 12.1. The minimum Gasteiger partial charge on any atom is -0.344 e. The Morgan fingerprint density at radius 3 is 2.33 bits per heavy atom. The highest BCUT2D eigenvalue weighted by atomic mass is 35.5. The average Bonchev–Trinajstić information content (AvgIpc) is 2.88. The summed E-state index contributed by atoms with van der Waals surface area (Å²) in [6, 6.07) is 5.46. The lowest BCUT2D eigenvalue weighted by molar-refractivity contribution is -0.167. The van der Waals surface area contributed by atoms with Gasteiger partial charge in [-0.1, -0.05) is 29.3 Å². The molecule has 1 radical (unpaired) electrons. The smallest absolute Gasteiger partial charge is 0.169 e. The summed E-state index contributed by atoms with van der Waals surface area (Å²) >= 11 is 12.4. The molecule has 0 amide bonds. The van der Waals surface area contributed by atoms with Crippen molar-refractivity contribution in [1.29, 1.82) is 0 Å². The fraction of sp³-hybridized carbons (Fsp3) is 0.500. The molecule has 1 aliphatic carbocycles. The van der Waals surface area contributed by atoms with Gasteiger partial charge in [0.25, 0.3) is 0 Å². The molecule has 1 heterocycles. The van der Waals surface area contributed by atoms with Crippen LogP contribution in [-0.2, 0) is 9.47 Å². The minimum absolute atomic E-state index is 0.263. The van der Waals surface area contributed by atoms with Gasteiger partial charge in [-0.3, -0.25) is 0 Å². The first-order valence-corrected chi connectivity index (χ1v) is 6.99. The van der Waals surface area contributed by atoms with E-state index in [4.69, 9.17) is 32.7 Å². The molecule has 2 aliphatic rings. The summed E-state index contributed by atoms with van der Waals surface area (Å²) in [7, 11) is 0. The van der Waals surface area contributed by atoms with E-state index in [2.05, 4.69) is 6.92 Å². The Labute approximate surface area is 117 Å².